The minimum Gasteiger partial charge on any atom is -0.477 e. The van der Waals surface area contributed by atoms with Crippen LogP contribution < -0.4 is 0 Å². The number of aliphatic hydroxyl groups excluding tert-OH is 1. The Bertz CT molecular complexity index is 508. The highest BCUT2D eigenvalue weighted by atomic mass is 32.2. The van der Waals surface area contributed by atoms with E-state index in [0.29, 0.717) is 6.42 Å². The second kappa shape index (κ2) is 5.98. The van der Waals surface area contributed by atoms with Crippen LogP contribution in [0.3, 0.4) is 0 Å². The second-order valence-electron chi connectivity index (χ2n) is 3.63. The quantitative estimate of drug-likeness (QED) is 0.654. The normalized spacial score (nSPS) is 11.9. The van der Waals surface area contributed by atoms with Gasteiger partial charge < -0.3 is 15.2 Å². The molecule has 3 N–H and O–H groups in total. The van der Waals surface area contributed by atoms with Gasteiger partial charge in [0.15, 0.2) is 0 Å². The van der Waals surface area contributed by atoms with E-state index >= 15 is 0 Å². The average Bonchev–Trinajstić information content (AvgIpc) is 2.79. The molecule has 0 bridgehead atoms. The predicted octanol–water partition coefficient (Wildman–Crippen LogP) is 0.106. The number of hydrogen-bond donors (Lipinski definition) is 3. The summed E-state index contributed by atoms with van der Waals surface area (Å²) in [5, 5.41) is 17.4. The summed E-state index contributed by atoms with van der Waals surface area (Å²) in [4.78, 5) is 13.0. The minimum atomic E-state index is -3.71. The van der Waals surface area contributed by atoms with Crippen molar-refractivity contribution in [3.63, 3.8) is 0 Å². The van der Waals surface area contributed by atoms with Crippen molar-refractivity contribution in [3.05, 3.63) is 18.0 Å². The Kier molecular flexibility index (Phi) is 4.88. The molecule has 1 heterocycles. The summed E-state index contributed by atoms with van der Waals surface area (Å²) in [6.07, 6.45) is 1.49. The third kappa shape index (κ3) is 3.09. The molecule has 102 valence electrons. The van der Waals surface area contributed by atoms with Crippen LogP contribution in [0.5, 0.6) is 0 Å². The van der Waals surface area contributed by atoms with Crippen molar-refractivity contribution in [1.29, 1.82) is 0 Å². The molecule has 0 saturated heterocycles. The van der Waals surface area contributed by atoms with Crippen LogP contribution in [0.2, 0.25) is 0 Å². The number of rotatable bonds is 7. The van der Waals surface area contributed by atoms with E-state index in [1.807, 2.05) is 0 Å². The van der Waals surface area contributed by atoms with Crippen LogP contribution in [-0.4, -0.2) is 53.6 Å². The maximum absolute atomic E-state index is 12.1. The number of aromatic carboxylic acids is 1. The van der Waals surface area contributed by atoms with Crippen LogP contribution in [0.15, 0.2) is 17.2 Å². The van der Waals surface area contributed by atoms with E-state index < -0.39 is 16.0 Å². The Morgan fingerprint density at radius 1 is 1.50 bits per heavy atom. The zero-order valence-electron chi connectivity index (χ0n) is 9.96. The largest absolute Gasteiger partial charge is 0.477 e. The molecular formula is C10H16N2O5S. The molecule has 0 aromatic carbocycles. The van der Waals surface area contributed by atoms with Crippen LogP contribution in [-0.2, 0) is 10.0 Å². The summed E-state index contributed by atoms with van der Waals surface area (Å²) in [6, 6.07) is 1.08. The van der Waals surface area contributed by atoms with Gasteiger partial charge >= 0.3 is 5.97 Å². The Morgan fingerprint density at radius 2 is 2.17 bits per heavy atom. The average molecular weight is 276 g/mol. The van der Waals surface area contributed by atoms with Crippen LogP contribution in [0.4, 0.5) is 0 Å². The first-order valence-electron chi connectivity index (χ1n) is 5.46. The number of hydrogen-bond acceptors (Lipinski definition) is 4. The fraction of sp³-hybridized carbons (Fsp3) is 0.500. The van der Waals surface area contributed by atoms with E-state index in [2.05, 4.69) is 4.98 Å². The van der Waals surface area contributed by atoms with E-state index in [-0.39, 0.29) is 30.3 Å². The van der Waals surface area contributed by atoms with E-state index in [4.69, 9.17) is 10.2 Å². The van der Waals surface area contributed by atoms with Gasteiger partial charge in [0.25, 0.3) is 0 Å². The lowest BCUT2D eigenvalue weighted by Crippen LogP contribution is -2.32. The molecule has 1 aromatic rings. The van der Waals surface area contributed by atoms with Gasteiger partial charge in [0.05, 0.1) is 0 Å². The number of aromatic nitrogens is 1. The zero-order valence-corrected chi connectivity index (χ0v) is 10.8. The Balaban J connectivity index is 2.99. The molecule has 0 spiro atoms. The highest BCUT2D eigenvalue weighted by molar-refractivity contribution is 7.89. The van der Waals surface area contributed by atoms with Crippen LogP contribution in [0.25, 0.3) is 0 Å². The molecule has 7 nitrogen and oxygen atoms in total. The highest BCUT2D eigenvalue weighted by Gasteiger charge is 2.24. The summed E-state index contributed by atoms with van der Waals surface area (Å²) in [5.74, 6) is -1.21. The SMILES string of the molecule is CCN(CCCO)S(=O)(=O)c1c[nH]c(C(=O)O)c1. The molecule has 0 aliphatic carbocycles. The molecule has 0 amide bonds. The molecule has 0 atom stereocenters. The number of nitrogens with zero attached hydrogens (tertiary/aromatic N) is 1. The minimum absolute atomic E-state index is 0.0836. The number of aromatic amines is 1. The van der Waals surface area contributed by atoms with Gasteiger partial charge in [0.2, 0.25) is 10.0 Å². The van der Waals surface area contributed by atoms with Crippen LogP contribution >= 0.6 is 0 Å². The van der Waals surface area contributed by atoms with Crippen molar-refractivity contribution in [3.8, 4) is 0 Å². The van der Waals surface area contributed by atoms with Gasteiger partial charge in [-0.05, 0) is 12.5 Å². The topological polar surface area (TPSA) is 111 Å². The van der Waals surface area contributed by atoms with Crippen molar-refractivity contribution in [2.24, 2.45) is 0 Å². The fourth-order valence-electron chi connectivity index (χ4n) is 1.49. The van der Waals surface area contributed by atoms with Crippen molar-refractivity contribution < 1.29 is 23.4 Å². The first-order chi connectivity index (χ1) is 8.43. The molecule has 0 aliphatic heterocycles. The van der Waals surface area contributed by atoms with Crippen LogP contribution in [0.1, 0.15) is 23.8 Å². The Hall–Kier alpha value is -1.38. The van der Waals surface area contributed by atoms with E-state index in [1.54, 1.807) is 6.92 Å². The van der Waals surface area contributed by atoms with Crippen molar-refractivity contribution in [2.75, 3.05) is 19.7 Å². The lowest BCUT2D eigenvalue weighted by atomic mass is 10.4. The third-order valence-electron chi connectivity index (χ3n) is 2.44. The molecule has 0 radical (unpaired) electrons. The van der Waals surface area contributed by atoms with Gasteiger partial charge in [-0.15, -0.1) is 0 Å². The van der Waals surface area contributed by atoms with E-state index in [9.17, 15) is 13.2 Å². The molecule has 1 aromatic heterocycles. The molecule has 0 saturated carbocycles. The smallest absolute Gasteiger partial charge is 0.352 e. The van der Waals surface area contributed by atoms with Crippen LogP contribution in [0, 0.1) is 0 Å². The van der Waals surface area contributed by atoms with Gasteiger partial charge in [-0.25, -0.2) is 13.2 Å². The van der Waals surface area contributed by atoms with Crippen molar-refractivity contribution in [1.82, 2.24) is 9.29 Å². The summed E-state index contributed by atoms with van der Waals surface area (Å²) in [5.41, 5.74) is -0.174. The first kappa shape index (κ1) is 14.7. The maximum Gasteiger partial charge on any atom is 0.352 e. The maximum atomic E-state index is 12.1. The Labute approximate surface area is 105 Å². The van der Waals surface area contributed by atoms with Gasteiger partial charge in [-0.1, -0.05) is 6.92 Å². The van der Waals surface area contributed by atoms with Crippen molar-refractivity contribution in [2.45, 2.75) is 18.2 Å². The van der Waals surface area contributed by atoms with Gasteiger partial charge in [-0.3, -0.25) is 0 Å². The first-order valence-corrected chi connectivity index (χ1v) is 6.90. The summed E-state index contributed by atoms with van der Waals surface area (Å²) in [7, 11) is -3.71. The van der Waals surface area contributed by atoms with Gasteiger partial charge in [0.1, 0.15) is 10.6 Å². The number of nitrogens with one attached hydrogen (secondary N) is 1. The van der Waals surface area contributed by atoms with Gasteiger partial charge in [0, 0.05) is 25.9 Å². The predicted molar refractivity (Wildman–Crippen MR) is 63.9 cm³/mol. The number of H-pyrrole nitrogens is 1. The molecule has 0 unspecified atom stereocenters. The number of sulfonamides is 1. The molecular weight excluding hydrogens is 260 g/mol. The third-order valence-corrected chi connectivity index (χ3v) is 4.40. The molecule has 1 rings (SSSR count). The Morgan fingerprint density at radius 3 is 2.61 bits per heavy atom. The summed E-state index contributed by atoms with van der Waals surface area (Å²) < 4.78 is 25.5. The lowest BCUT2D eigenvalue weighted by molar-refractivity contribution is 0.0691. The molecule has 0 fully saturated rings. The number of carboxylic acid groups (broad SMARTS) is 1. The summed E-state index contributed by atoms with van der Waals surface area (Å²) >= 11 is 0. The summed E-state index contributed by atoms with van der Waals surface area (Å²) in [6.45, 7) is 2.04. The number of carboxylic acids is 1. The molecule has 8 heteroatoms. The zero-order chi connectivity index (χ0) is 13.8. The van der Waals surface area contributed by atoms with Gasteiger partial charge in [-0.2, -0.15) is 4.31 Å². The van der Waals surface area contributed by atoms with E-state index in [0.717, 1.165) is 12.3 Å². The molecule has 0 aliphatic rings. The van der Waals surface area contributed by atoms with E-state index in [1.165, 1.54) is 4.31 Å². The standard InChI is InChI=1S/C10H16N2O5S/c1-2-12(4-3-5-13)18(16,17)8-6-9(10(14)15)11-7-8/h6-7,11,13H,2-5H2,1H3,(H,14,15). The fourth-order valence-corrected chi connectivity index (χ4v) is 2.97. The number of carbonyl (C=O) groups is 1. The second-order valence-corrected chi connectivity index (χ2v) is 5.57. The highest BCUT2D eigenvalue weighted by Crippen LogP contribution is 2.17. The van der Waals surface area contributed by atoms with Crippen molar-refractivity contribution >= 4 is 16.0 Å². The molecule has 18 heavy (non-hydrogen) atoms. The lowest BCUT2D eigenvalue weighted by Gasteiger charge is -2.18. The number of aliphatic hydroxyl groups is 1. The monoisotopic (exact) mass is 276 g/mol.